The van der Waals surface area contributed by atoms with Crippen LogP contribution in [0.4, 0.5) is 13.2 Å². The summed E-state index contributed by atoms with van der Waals surface area (Å²) in [7, 11) is 0. The number of nitrogens with zero attached hydrogens (tertiary/aromatic N) is 2. The fraction of sp³-hybridized carbons (Fsp3) is 0.444. The van der Waals surface area contributed by atoms with Gasteiger partial charge in [0, 0.05) is 39.1 Å². The summed E-state index contributed by atoms with van der Waals surface area (Å²) in [5.74, 6) is -0.517. The van der Waals surface area contributed by atoms with Crippen LogP contribution >= 0.6 is 11.3 Å². The molecule has 27 heavy (non-hydrogen) atoms. The normalized spacial score (nSPS) is 16.9. The molecule has 0 radical (unpaired) electrons. The first-order valence-corrected chi connectivity index (χ1v) is 9.53. The Balaban J connectivity index is 1.59. The monoisotopic (exact) mass is 398 g/mol. The van der Waals surface area contributed by atoms with Crippen molar-refractivity contribution in [1.29, 1.82) is 0 Å². The van der Waals surface area contributed by atoms with E-state index in [1.54, 1.807) is 0 Å². The van der Waals surface area contributed by atoms with E-state index in [2.05, 4.69) is 15.6 Å². The summed E-state index contributed by atoms with van der Waals surface area (Å²) in [5.41, 5.74) is 1.06. The summed E-state index contributed by atoms with van der Waals surface area (Å²) in [6, 6.07) is 8.00. The van der Waals surface area contributed by atoms with Gasteiger partial charge in [-0.15, -0.1) is 11.3 Å². The second-order valence-electron chi connectivity index (χ2n) is 6.33. The van der Waals surface area contributed by atoms with Crippen LogP contribution in [0.25, 0.3) is 0 Å². The van der Waals surface area contributed by atoms with Crippen molar-refractivity contribution >= 4 is 17.2 Å². The van der Waals surface area contributed by atoms with Gasteiger partial charge in [-0.3, -0.25) is 9.69 Å². The Morgan fingerprint density at radius 3 is 2.63 bits per heavy atom. The van der Waals surface area contributed by atoms with E-state index in [4.69, 9.17) is 0 Å². The van der Waals surface area contributed by atoms with Crippen LogP contribution in [-0.4, -0.2) is 60.7 Å². The van der Waals surface area contributed by atoms with Crippen LogP contribution in [0.5, 0.6) is 0 Å². The largest absolute Gasteiger partial charge is 0.405 e. The van der Waals surface area contributed by atoms with E-state index in [1.165, 1.54) is 22.4 Å². The number of amides is 1. The lowest BCUT2D eigenvalue weighted by atomic mass is 10.2. The molecule has 3 rings (SSSR count). The molecule has 1 aromatic heterocycles. The topological polar surface area (TPSA) is 57.3 Å². The molecule has 1 atom stereocenters. The van der Waals surface area contributed by atoms with Crippen molar-refractivity contribution in [3.63, 3.8) is 0 Å². The second-order valence-corrected chi connectivity index (χ2v) is 7.45. The van der Waals surface area contributed by atoms with Crippen molar-refractivity contribution < 1.29 is 18.0 Å². The highest BCUT2D eigenvalue weighted by Crippen LogP contribution is 2.25. The van der Waals surface area contributed by atoms with Crippen molar-refractivity contribution in [2.24, 2.45) is 0 Å². The van der Waals surface area contributed by atoms with E-state index >= 15 is 0 Å². The maximum atomic E-state index is 13.4. The molecule has 2 N–H and O–H groups in total. The highest BCUT2D eigenvalue weighted by Gasteiger charge is 2.43. The van der Waals surface area contributed by atoms with E-state index in [9.17, 15) is 18.0 Å². The first kappa shape index (κ1) is 19.8. The molecule has 9 heteroatoms. The smallest absolute Gasteiger partial charge is 0.349 e. The molecule has 0 aliphatic carbocycles. The lowest BCUT2D eigenvalue weighted by molar-refractivity contribution is -0.183. The number of carbonyl (C=O) groups excluding carboxylic acids is 1. The minimum atomic E-state index is -4.39. The van der Waals surface area contributed by atoms with Crippen LogP contribution < -0.4 is 10.6 Å². The third-order valence-corrected chi connectivity index (χ3v) is 5.40. The zero-order valence-corrected chi connectivity index (χ0v) is 15.4. The van der Waals surface area contributed by atoms with E-state index in [-0.39, 0.29) is 0 Å². The standard InChI is InChI=1S/C18H21F3N4OS/c19-18(20,21)15(25-8-6-22-7-9-25)12-24-17(26)14-11-23-16(27-14)10-13-4-2-1-3-5-13/h1-5,11,15,22H,6-10,12H2,(H,24,26). The molecule has 0 spiro atoms. The molecular formula is C18H21F3N4OS. The van der Waals surface area contributed by atoms with Crippen LogP contribution in [0.3, 0.4) is 0 Å². The first-order valence-electron chi connectivity index (χ1n) is 8.72. The van der Waals surface area contributed by atoms with Gasteiger partial charge in [-0.1, -0.05) is 30.3 Å². The summed E-state index contributed by atoms with van der Waals surface area (Å²) in [5, 5.41) is 6.21. The number of thiazole rings is 1. The lowest BCUT2D eigenvalue weighted by Crippen LogP contribution is -2.57. The van der Waals surface area contributed by atoms with Crippen molar-refractivity contribution in [2.45, 2.75) is 18.6 Å². The van der Waals surface area contributed by atoms with Crippen LogP contribution in [0, 0.1) is 0 Å². The summed E-state index contributed by atoms with van der Waals surface area (Å²) >= 11 is 1.20. The summed E-state index contributed by atoms with van der Waals surface area (Å²) in [6.07, 6.45) is -2.38. The van der Waals surface area contributed by atoms with Gasteiger partial charge in [0.25, 0.3) is 5.91 Å². The number of halogens is 3. The maximum absolute atomic E-state index is 13.4. The average Bonchev–Trinajstić information content (AvgIpc) is 3.11. The van der Waals surface area contributed by atoms with Gasteiger partial charge in [-0.2, -0.15) is 13.2 Å². The first-order chi connectivity index (χ1) is 12.9. The second kappa shape index (κ2) is 8.81. The summed E-state index contributed by atoms with van der Waals surface area (Å²) < 4.78 is 40.1. The molecule has 1 aliphatic heterocycles. The van der Waals surface area contributed by atoms with Crippen LogP contribution in [-0.2, 0) is 6.42 Å². The molecule has 0 bridgehead atoms. The molecule has 146 valence electrons. The molecule has 1 amide bonds. The van der Waals surface area contributed by atoms with Gasteiger partial charge in [-0.05, 0) is 5.56 Å². The quantitative estimate of drug-likeness (QED) is 0.784. The highest BCUT2D eigenvalue weighted by atomic mass is 32.1. The Bertz CT molecular complexity index is 745. The number of piperazine rings is 1. The summed E-state index contributed by atoms with van der Waals surface area (Å²) in [6.45, 7) is 1.17. The Labute approximate surface area is 159 Å². The van der Waals surface area contributed by atoms with Gasteiger partial charge in [-0.25, -0.2) is 4.98 Å². The van der Waals surface area contributed by atoms with Gasteiger partial charge in [0.05, 0.1) is 11.2 Å². The molecule has 2 aromatic rings. The summed E-state index contributed by atoms with van der Waals surface area (Å²) in [4.78, 5) is 18.2. The average molecular weight is 398 g/mol. The number of aromatic nitrogens is 1. The van der Waals surface area contributed by atoms with Gasteiger partial charge in [0.2, 0.25) is 0 Å². The molecule has 0 saturated carbocycles. The minimum absolute atomic E-state index is 0.307. The zero-order valence-electron chi connectivity index (χ0n) is 14.6. The number of hydrogen-bond acceptors (Lipinski definition) is 5. The van der Waals surface area contributed by atoms with E-state index in [1.807, 2.05) is 30.3 Å². The number of nitrogens with one attached hydrogen (secondary N) is 2. The maximum Gasteiger partial charge on any atom is 0.405 e. The van der Waals surface area contributed by atoms with Crippen LogP contribution in [0.15, 0.2) is 36.5 Å². The molecule has 5 nitrogen and oxygen atoms in total. The van der Waals surface area contributed by atoms with Gasteiger partial charge < -0.3 is 10.6 Å². The van der Waals surface area contributed by atoms with E-state index < -0.39 is 24.7 Å². The van der Waals surface area contributed by atoms with Crippen LogP contribution in [0.1, 0.15) is 20.2 Å². The Hall–Kier alpha value is -1.97. The Kier molecular flexibility index (Phi) is 6.46. The number of alkyl halides is 3. The van der Waals surface area contributed by atoms with Gasteiger partial charge in [0.1, 0.15) is 10.9 Å². The van der Waals surface area contributed by atoms with E-state index in [0.29, 0.717) is 37.5 Å². The molecule has 1 unspecified atom stereocenters. The molecule has 2 heterocycles. The molecule has 1 fully saturated rings. The lowest BCUT2D eigenvalue weighted by Gasteiger charge is -2.35. The predicted octanol–water partition coefficient (Wildman–Crippen LogP) is 2.30. The number of carbonyl (C=O) groups is 1. The number of rotatable bonds is 6. The Morgan fingerprint density at radius 2 is 1.96 bits per heavy atom. The number of benzene rings is 1. The molecule has 1 aromatic carbocycles. The third-order valence-electron chi connectivity index (χ3n) is 4.40. The predicted molar refractivity (Wildman–Crippen MR) is 98.0 cm³/mol. The molecule has 1 saturated heterocycles. The SMILES string of the molecule is O=C(NCC(N1CCNCC1)C(F)(F)F)c1cnc(Cc2ccccc2)s1. The van der Waals surface area contributed by atoms with Crippen LogP contribution in [0.2, 0.25) is 0 Å². The highest BCUT2D eigenvalue weighted by molar-refractivity contribution is 7.13. The van der Waals surface area contributed by atoms with Gasteiger partial charge >= 0.3 is 6.18 Å². The van der Waals surface area contributed by atoms with Crippen molar-refractivity contribution in [1.82, 2.24) is 20.5 Å². The van der Waals surface area contributed by atoms with Crippen molar-refractivity contribution in [2.75, 3.05) is 32.7 Å². The number of hydrogen-bond donors (Lipinski definition) is 2. The third kappa shape index (κ3) is 5.50. The fourth-order valence-corrected chi connectivity index (χ4v) is 3.86. The van der Waals surface area contributed by atoms with Crippen molar-refractivity contribution in [3.05, 3.63) is 52.0 Å². The molecule has 1 aliphatic rings. The van der Waals surface area contributed by atoms with E-state index in [0.717, 1.165) is 10.6 Å². The fourth-order valence-electron chi connectivity index (χ4n) is 2.99. The molecular weight excluding hydrogens is 377 g/mol. The van der Waals surface area contributed by atoms with Gasteiger partial charge in [0.15, 0.2) is 0 Å². The zero-order chi connectivity index (χ0) is 19.3. The van der Waals surface area contributed by atoms with Crippen molar-refractivity contribution in [3.8, 4) is 0 Å². The minimum Gasteiger partial charge on any atom is -0.349 e. The Morgan fingerprint density at radius 1 is 1.26 bits per heavy atom.